The predicted octanol–water partition coefficient (Wildman–Crippen LogP) is 1.88. The molecule has 1 saturated heterocycles. The van der Waals surface area contributed by atoms with E-state index in [0.29, 0.717) is 24.0 Å². The molecule has 1 N–H and O–H groups in total. The van der Waals surface area contributed by atoms with Crippen molar-refractivity contribution < 1.29 is 14.3 Å². The third-order valence-electron chi connectivity index (χ3n) is 3.47. The zero-order valence-corrected chi connectivity index (χ0v) is 10.9. The molecule has 0 bridgehead atoms. The van der Waals surface area contributed by atoms with Crippen molar-refractivity contribution in [3.8, 4) is 0 Å². The molecular weight excluding hydrogens is 254 g/mol. The van der Waals surface area contributed by atoms with Gasteiger partial charge in [-0.05, 0) is 24.1 Å². The average Bonchev–Trinajstić information content (AvgIpc) is 3.25. The van der Waals surface area contributed by atoms with Gasteiger partial charge in [0.2, 0.25) is 0 Å². The van der Waals surface area contributed by atoms with Gasteiger partial charge >= 0.3 is 0 Å². The van der Waals surface area contributed by atoms with Crippen LogP contribution in [0.4, 0.5) is 0 Å². The monoisotopic (exact) mass is 269 g/mol. The first-order valence-electron chi connectivity index (χ1n) is 6.65. The molecule has 2 aliphatic rings. The molecule has 1 aliphatic heterocycles. The van der Waals surface area contributed by atoms with Gasteiger partial charge in [-0.15, -0.1) is 0 Å². The summed E-state index contributed by atoms with van der Waals surface area (Å²) in [6.07, 6.45) is 8.15. The fourth-order valence-electron chi connectivity index (χ4n) is 2.30. The molecule has 0 spiro atoms. The lowest BCUT2D eigenvalue weighted by Gasteiger charge is -2.08. The lowest BCUT2D eigenvalue weighted by molar-refractivity contribution is 0.0948. The fourth-order valence-corrected chi connectivity index (χ4v) is 2.30. The van der Waals surface area contributed by atoms with E-state index in [1.165, 1.54) is 5.57 Å². The number of carbonyl (C=O) groups is 2. The molecule has 1 aromatic rings. The summed E-state index contributed by atoms with van der Waals surface area (Å²) in [7, 11) is 0. The smallest absolute Gasteiger partial charge is 0.252 e. The first kappa shape index (κ1) is 12.8. The lowest BCUT2D eigenvalue weighted by Crippen LogP contribution is -2.25. The molecule has 20 heavy (non-hydrogen) atoms. The molecular formula is C16H15NO3. The van der Waals surface area contributed by atoms with Crippen LogP contribution < -0.4 is 5.32 Å². The fraction of sp³-hybridized carbons (Fsp3) is 0.250. The van der Waals surface area contributed by atoms with Crippen molar-refractivity contribution in [2.45, 2.75) is 18.6 Å². The van der Waals surface area contributed by atoms with Crippen LogP contribution >= 0.6 is 0 Å². The molecule has 1 aromatic carbocycles. The van der Waals surface area contributed by atoms with Gasteiger partial charge in [0, 0.05) is 17.7 Å². The molecule has 1 aliphatic carbocycles. The Kier molecular flexibility index (Phi) is 3.48. The number of hydrogen-bond acceptors (Lipinski definition) is 3. The number of benzene rings is 1. The van der Waals surface area contributed by atoms with Crippen molar-refractivity contribution in [1.29, 1.82) is 0 Å². The third-order valence-corrected chi connectivity index (χ3v) is 3.47. The van der Waals surface area contributed by atoms with Gasteiger partial charge in [0.15, 0.2) is 6.29 Å². The van der Waals surface area contributed by atoms with E-state index in [1.54, 1.807) is 24.3 Å². The number of fused-ring (bicyclic) bond motifs is 1. The van der Waals surface area contributed by atoms with Gasteiger partial charge in [-0.25, -0.2) is 0 Å². The first-order valence-corrected chi connectivity index (χ1v) is 6.65. The highest BCUT2D eigenvalue weighted by atomic mass is 16.6. The van der Waals surface area contributed by atoms with E-state index in [1.807, 2.05) is 12.2 Å². The maximum Gasteiger partial charge on any atom is 0.252 e. The van der Waals surface area contributed by atoms with E-state index in [0.717, 1.165) is 6.42 Å². The number of amides is 1. The van der Waals surface area contributed by atoms with E-state index in [-0.39, 0.29) is 18.1 Å². The molecule has 102 valence electrons. The summed E-state index contributed by atoms with van der Waals surface area (Å²) < 4.78 is 5.35. The van der Waals surface area contributed by atoms with Gasteiger partial charge in [0.25, 0.3) is 5.91 Å². The second-order valence-corrected chi connectivity index (χ2v) is 4.88. The van der Waals surface area contributed by atoms with E-state index in [9.17, 15) is 9.59 Å². The van der Waals surface area contributed by atoms with Crippen LogP contribution in [0.3, 0.4) is 0 Å². The van der Waals surface area contributed by atoms with Gasteiger partial charge in [-0.3, -0.25) is 9.59 Å². The second-order valence-electron chi connectivity index (χ2n) is 4.88. The summed E-state index contributed by atoms with van der Waals surface area (Å²) in [4.78, 5) is 22.9. The van der Waals surface area contributed by atoms with Gasteiger partial charge < -0.3 is 10.1 Å². The summed E-state index contributed by atoms with van der Waals surface area (Å²) in [6, 6.07) is 6.78. The minimum absolute atomic E-state index is 0.214. The quantitative estimate of drug-likeness (QED) is 0.656. The maximum absolute atomic E-state index is 12.0. The standard InChI is InChI=1S/C16H15NO3/c18-10-12-3-1-2-4-13(12)16(19)17-8-7-11-5-6-14-15(9-11)20-14/h1-6,9-10,14-15H,7-8H2,(H,17,19). The van der Waals surface area contributed by atoms with Crippen molar-refractivity contribution in [1.82, 2.24) is 5.32 Å². The van der Waals surface area contributed by atoms with E-state index in [2.05, 4.69) is 11.4 Å². The molecule has 4 heteroatoms. The summed E-state index contributed by atoms with van der Waals surface area (Å²) in [5.74, 6) is -0.214. The minimum atomic E-state index is -0.214. The minimum Gasteiger partial charge on any atom is -0.361 e. The predicted molar refractivity (Wildman–Crippen MR) is 74.7 cm³/mol. The normalized spacial score (nSPS) is 22.7. The highest BCUT2D eigenvalue weighted by Gasteiger charge is 2.36. The number of epoxide rings is 1. The van der Waals surface area contributed by atoms with Crippen LogP contribution in [0.5, 0.6) is 0 Å². The van der Waals surface area contributed by atoms with Crippen LogP contribution in [0.1, 0.15) is 27.1 Å². The van der Waals surface area contributed by atoms with Crippen LogP contribution in [-0.2, 0) is 4.74 Å². The summed E-state index contributed by atoms with van der Waals surface area (Å²) in [6.45, 7) is 0.541. The Bertz CT molecular complexity index is 603. The molecule has 1 heterocycles. The van der Waals surface area contributed by atoms with E-state index >= 15 is 0 Å². The van der Waals surface area contributed by atoms with Crippen molar-refractivity contribution >= 4 is 12.2 Å². The third kappa shape index (κ3) is 2.70. The Morgan fingerprint density at radius 2 is 2.15 bits per heavy atom. The largest absolute Gasteiger partial charge is 0.361 e. The summed E-state index contributed by atoms with van der Waals surface area (Å²) in [5, 5.41) is 2.84. The topological polar surface area (TPSA) is 58.7 Å². The SMILES string of the molecule is O=Cc1ccccc1C(=O)NCCC1=CC2OC2C=C1. The van der Waals surface area contributed by atoms with Crippen molar-refractivity contribution in [2.24, 2.45) is 0 Å². The Labute approximate surface area is 117 Å². The van der Waals surface area contributed by atoms with Crippen LogP contribution in [0.15, 0.2) is 48.1 Å². The molecule has 3 rings (SSSR count). The van der Waals surface area contributed by atoms with Crippen LogP contribution in [-0.4, -0.2) is 30.9 Å². The molecule has 0 aromatic heterocycles. The molecule has 4 nitrogen and oxygen atoms in total. The number of hydrogen-bond donors (Lipinski definition) is 1. The Morgan fingerprint density at radius 1 is 1.30 bits per heavy atom. The van der Waals surface area contributed by atoms with Crippen LogP contribution in [0.25, 0.3) is 0 Å². The highest BCUT2D eigenvalue weighted by Crippen LogP contribution is 2.30. The average molecular weight is 269 g/mol. The number of allylic oxidation sites excluding steroid dienone is 1. The van der Waals surface area contributed by atoms with E-state index in [4.69, 9.17) is 4.74 Å². The molecule has 0 radical (unpaired) electrons. The Balaban J connectivity index is 1.54. The van der Waals surface area contributed by atoms with Crippen LogP contribution in [0, 0.1) is 0 Å². The number of ether oxygens (including phenoxy) is 1. The number of carbonyl (C=O) groups excluding carboxylic acids is 2. The number of aldehydes is 1. The lowest BCUT2D eigenvalue weighted by atomic mass is 10.0. The molecule has 1 fully saturated rings. The summed E-state index contributed by atoms with van der Waals surface area (Å²) >= 11 is 0. The maximum atomic E-state index is 12.0. The van der Waals surface area contributed by atoms with Gasteiger partial charge in [-0.2, -0.15) is 0 Å². The van der Waals surface area contributed by atoms with Crippen molar-refractivity contribution in [3.63, 3.8) is 0 Å². The highest BCUT2D eigenvalue weighted by molar-refractivity contribution is 6.01. The van der Waals surface area contributed by atoms with Crippen molar-refractivity contribution in [2.75, 3.05) is 6.54 Å². The zero-order valence-electron chi connectivity index (χ0n) is 10.9. The first-order chi connectivity index (χ1) is 9.78. The van der Waals surface area contributed by atoms with Crippen molar-refractivity contribution in [3.05, 3.63) is 59.2 Å². The molecule has 1 amide bonds. The Hall–Kier alpha value is -2.20. The summed E-state index contributed by atoms with van der Waals surface area (Å²) in [5.41, 5.74) is 2.00. The van der Waals surface area contributed by atoms with Gasteiger partial charge in [0.1, 0.15) is 12.2 Å². The van der Waals surface area contributed by atoms with Gasteiger partial charge in [-0.1, -0.05) is 30.4 Å². The van der Waals surface area contributed by atoms with Gasteiger partial charge in [0.05, 0.1) is 0 Å². The zero-order chi connectivity index (χ0) is 13.9. The Morgan fingerprint density at radius 3 is 2.95 bits per heavy atom. The molecule has 2 atom stereocenters. The molecule has 2 unspecified atom stereocenters. The van der Waals surface area contributed by atoms with Crippen LogP contribution in [0.2, 0.25) is 0 Å². The second kappa shape index (κ2) is 5.43. The number of nitrogens with one attached hydrogen (secondary N) is 1. The van der Waals surface area contributed by atoms with E-state index < -0.39 is 0 Å². The number of rotatable bonds is 5. The molecule has 0 saturated carbocycles.